The molecule has 1 aliphatic carbocycles. The van der Waals surface area contributed by atoms with Crippen LogP contribution >= 0.6 is 0 Å². The molecule has 0 amide bonds. The van der Waals surface area contributed by atoms with Crippen LogP contribution in [0.1, 0.15) is 24.8 Å². The molecule has 16 heavy (non-hydrogen) atoms. The van der Waals surface area contributed by atoms with Gasteiger partial charge in [0.25, 0.3) is 0 Å². The Balaban J connectivity index is 2.07. The van der Waals surface area contributed by atoms with Crippen molar-refractivity contribution in [2.24, 2.45) is 11.8 Å². The summed E-state index contributed by atoms with van der Waals surface area (Å²) < 4.78 is 13.0. The normalized spacial score (nSPS) is 17.8. The Hall–Kier alpha value is -1.38. The Morgan fingerprint density at radius 1 is 1.50 bits per heavy atom. The van der Waals surface area contributed by atoms with Crippen LogP contribution < -0.4 is 0 Å². The van der Waals surface area contributed by atoms with E-state index in [1.54, 1.807) is 12.1 Å². The third kappa shape index (κ3) is 2.40. The number of benzene rings is 1. The van der Waals surface area contributed by atoms with Gasteiger partial charge in [-0.3, -0.25) is 4.79 Å². The zero-order valence-corrected chi connectivity index (χ0v) is 9.03. The van der Waals surface area contributed by atoms with Crippen molar-refractivity contribution in [3.8, 4) is 0 Å². The molecule has 1 unspecified atom stereocenters. The fourth-order valence-corrected chi connectivity index (χ4v) is 2.22. The van der Waals surface area contributed by atoms with Crippen LogP contribution in [-0.4, -0.2) is 11.1 Å². The molecule has 1 aromatic rings. The molecule has 3 heteroatoms. The Bertz CT molecular complexity index is 385. The van der Waals surface area contributed by atoms with E-state index in [4.69, 9.17) is 5.11 Å². The predicted octanol–water partition coefficient (Wildman–Crippen LogP) is 2.87. The molecule has 86 valence electrons. The van der Waals surface area contributed by atoms with E-state index >= 15 is 0 Å². The Morgan fingerprint density at radius 3 is 2.75 bits per heavy atom. The summed E-state index contributed by atoms with van der Waals surface area (Å²) >= 11 is 0. The van der Waals surface area contributed by atoms with Crippen LogP contribution in [0.2, 0.25) is 0 Å². The molecule has 0 radical (unpaired) electrons. The molecule has 0 bridgehead atoms. The molecule has 0 aliphatic heterocycles. The van der Waals surface area contributed by atoms with E-state index in [9.17, 15) is 9.18 Å². The molecule has 1 atom stereocenters. The largest absolute Gasteiger partial charge is 0.481 e. The number of hydrogen-bond donors (Lipinski definition) is 1. The lowest BCUT2D eigenvalue weighted by Crippen LogP contribution is -2.30. The quantitative estimate of drug-likeness (QED) is 0.850. The lowest BCUT2D eigenvalue weighted by atomic mass is 9.73. The number of carboxylic acid groups (broad SMARTS) is 1. The van der Waals surface area contributed by atoms with E-state index in [0.717, 1.165) is 24.8 Å². The lowest BCUT2D eigenvalue weighted by Gasteiger charge is -2.31. The maximum atomic E-state index is 13.0. The first-order valence-electron chi connectivity index (χ1n) is 5.64. The van der Waals surface area contributed by atoms with Crippen LogP contribution in [0, 0.1) is 17.7 Å². The molecule has 0 spiro atoms. The van der Waals surface area contributed by atoms with Gasteiger partial charge in [-0.15, -0.1) is 0 Å². The van der Waals surface area contributed by atoms with Gasteiger partial charge in [-0.05, 0) is 42.9 Å². The van der Waals surface area contributed by atoms with Crippen LogP contribution in [0.15, 0.2) is 24.3 Å². The summed E-state index contributed by atoms with van der Waals surface area (Å²) in [5, 5.41) is 9.15. The Labute approximate surface area is 94.1 Å². The van der Waals surface area contributed by atoms with Crippen LogP contribution in [0.4, 0.5) is 4.39 Å². The summed E-state index contributed by atoms with van der Waals surface area (Å²) in [7, 11) is 0. The molecule has 1 saturated carbocycles. The van der Waals surface area contributed by atoms with Crippen molar-refractivity contribution >= 4 is 5.97 Å². The summed E-state index contributed by atoms with van der Waals surface area (Å²) in [6.45, 7) is 0. The van der Waals surface area contributed by atoms with Crippen molar-refractivity contribution in [1.82, 2.24) is 0 Å². The lowest BCUT2D eigenvalue weighted by molar-refractivity contribution is -0.144. The number of carboxylic acids is 1. The molecule has 1 aromatic carbocycles. The highest BCUT2D eigenvalue weighted by atomic mass is 19.1. The zero-order chi connectivity index (χ0) is 11.5. The van der Waals surface area contributed by atoms with E-state index in [0.29, 0.717) is 6.42 Å². The molecular formula is C13H15FO2. The summed E-state index contributed by atoms with van der Waals surface area (Å²) in [5.41, 5.74) is 0.777. The van der Waals surface area contributed by atoms with Crippen molar-refractivity contribution in [3.05, 3.63) is 35.6 Å². The summed E-state index contributed by atoms with van der Waals surface area (Å²) in [4.78, 5) is 11.1. The number of carbonyl (C=O) groups is 1. The highest BCUT2D eigenvalue weighted by molar-refractivity contribution is 5.71. The van der Waals surface area contributed by atoms with Crippen LogP contribution in [0.3, 0.4) is 0 Å². The van der Waals surface area contributed by atoms with Crippen molar-refractivity contribution in [2.45, 2.75) is 25.7 Å². The van der Waals surface area contributed by atoms with Gasteiger partial charge >= 0.3 is 5.97 Å². The summed E-state index contributed by atoms with van der Waals surface area (Å²) in [5.74, 6) is -1.12. The standard InChI is InChI=1S/C13H15FO2/c14-11-6-1-3-9(7-11)8-12(13(15)16)10-4-2-5-10/h1,3,6-7,10,12H,2,4-5,8H2,(H,15,16). The maximum absolute atomic E-state index is 13.0. The van der Waals surface area contributed by atoms with Gasteiger partial charge in [-0.25, -0.2) is 4.39 Å². The van der Waals surface area contributed by atoms with Gasteiger partial charge in [0.05, 0.1) is 5.92 Å². The minimum absolute atomic E-state index is 0.278. The van der Waals surface area contributed by atoms with Crippen LogP contribution in [0.25, 0.3) is 0 Å². The van der Waals surface area contributed by atoms with Crippen molar-refractivity contribution in [2.75, 3.05) is 0 Å². The first kappa shape index (κ1) is 11.1. The van der Waals surface area contributed by atoms with Gasteiger partial charge in [-0.2, -0.15) is 0 Å². The smallest absolute Gasteiger partial charge is 0.307 e. The average Bonchev–Trinajstić information content (AvgIpc) is 2.14. The molecule has 1 N–H and O–H groups in total. The molecule has 1 aliphatic rings. The highest BCUT2D eigenvalue weighted by Gasteiger charge is 2.32. The summed E-state index contributed by atoms with van der Waals surface area (Å²) in [6.07, 6.45) is 3.55. The minimum atomic E-state index is -0.756. The van der Waals surface area contributed by atoms with Crippen molar-refractivity contribution in [3.63, 3.8) is 0 Å². The van der Waals surface area contributed by atoms with Gasteiger partial charge < -0.3 is 5.11 Å². The molecule has 0 saturated heterocycles. The molecule has 1 fully saturated rings. The van der Waals surface area contributed by atoms with Crippen molar-refractivity contribution < 1.29 is 14.3 Å². The second kappa shape index (κ2) is 4.64. The fourth-order valence-electron chi connectivity index (χ4n) is 2.22. The maximum Gasteiger partial charge on any atom is 0.307 e. The van der Waals surface area contributed by atoms with E-state index in [1.165, 1.54) is 12.1 Å². The van der Waals surface area contributed by atoms with Gasteiger partial charge in [0.15, 0.2) is 0 Å². The first-order valence-corrected chi connectivity index (χ1v) is 5.64. The number of rotatable bonds is 4. The number of hydrogen-bond acceptors (Lipinski definition) is 1. The molecule has 2 rings (SSSR count). The van der Waals surface area contributed by atoms with Crippen molar-refractivity contribution in [1.29, 1.82) is 0 Å². The molecule has 0 aromatic heterocycles. The molecule has 2 nitrogen and oxygen atoms in total. The second-order valence-corrected chi connectivity index (χ2v) is 4.47. The molecule has 0 heterocycles. The van der Waals surface area contributed by atoms with E-state index in [2.05, 4.69) is 0 Å². The third-order valence-corrected chi connectivity index (χ3v) is 3.38. The van der Waals surface area contributed by atoms with E-state index < -0.39 is 5.97 Å². The first-order chi connectivity index (χ1) is 7.66. The van der Waals surface area contributed by atoms with Gasteiger partial charge in [0, 0.05) is 0 Å². The Morgan fingerprint density at radius 2 is 2.25 bits per heavy atom. The van der Waals surface area contributed by atoms with Gasteiger partial charge in [0.2, 0.25) is 0 Å². The van der Waals surface area contributed by atoms with E-state index in [-0.39, 0.29) is 17.7 Å². The average molecular weight is 222 g/mol. The van der Waals surface area contributed by atoms with Crippen LogP contribution in [0.5, 0.6) is 0 Å². The summed E-state index contributed by atoms with van der Waals surface area (Å²) in [6, 6.07) is 6.22. The SMILES string of the molecule is O=C(O)C(Cc1cccc(F)c1)C1CCC1. The highest BCUT2D eigenvalue weighted by Crippen LogP contribution is 2.35. The van der Waals surface area contributed by atoms with Crippen LogP contribution in [-0.2, 0) is 11.2 Å². The van der Waals surface area contributed by atoms with Gasteiger partial charge in [0.1, 0.15) is 5.82 Å². The fraction of sp³-hybridized carbons (Fsp3) is 0.462. The number of aliphatic carboxylic acids is 1. The van der Waals surface area contributed by atoms with Gasteiger partial charge in [-0.1, -0.05) is 18.6 Å². The minimum Gasteiger partial charge on any atom is -0.481 e. The monoisotopic (exact) mass is 222 g/mol. The van der Waals surface area contributed by atoms with E-state index in [1.807, 2.05) is 0 Å². The number of halogens is 1. The predicted molar refractivity (Wildman–Crippen MR) is 58.6 cm³/mol. The third-order valence-electron chi connectivity index (χ3n) is 3.38. The zero-order valence-electron chi connectivity index (χ0n) is 9.03. The topological polar surface area (TPSA) is 37.3 Å². The second-order valence-electron chi connectivity index (χ2n) is 4.47. The molecular weight excluding hydrogens is 207 g/mol. The Kier molecular flexibility index (Phi) is 3.22.